The van der Waals surface area contributed by atoms with Gasteiger partial charge in [-0.25, -0.2) is 9.13 Å². The molecule has 0 unspecified atom stereocenters. The highest BCUT2D eigenvalue weighted by Gasteiger charge is 2.22. The lowest BCUT2D eigenvalue weighted by Crippen LogP contribution is -2.37. The summed E-state index contributed by atoms with van der Waals surface area (Å²) in [4.78, 5) is 20.0. The van der Waals surface area contributed by atoms with E-state index in [-0.39, 0.29) is 11.5 Å². The first-order valence-corrected chi connectivity index (χ1v) is 12.2. The van der Waals surface area contributed by atoms with Crippen LogP contribution in [0.1, 0.15) is 11.1 Å². The van der Waals surface area contributed by atoms with Gasteiger partial charge in [-0.05, 0) is 33.4 Å². The maximum Gasteiger partial charge on any atom is 0.304 e. The maximum absolute atomic E-state index is 12.9. The summed E-state index contributed by atoms with van der Waals surface area (Å²) in [6.45, 7) is 1.11. The van der Waals surface area contributed by atoms with Gasteiger partial charge in [0.15, 0.2) is 0 Å². The first-order chi connectivity index (χ1) is 18.1. The van der Waals surface area contributed by atoms with E-state index >= 15 is 0 Å². The summed E-state index contributed by atoms with van der Waals surface area (Å²) in [5, 5.41) is 0. The first kappa shape index (κ1) is 22.5. The predicted octanol–water partition coefficient (Wildman–Crippen LogP) is 5.02. The van der Waals surface area contributed by atoms with Crippen LogP contribution in [0.15, 0.2) is 120 Å². The van der Waals surface area contributed by atoms with Crippen molar-refractivity contribution in [1.82, 2.24) is 14.5 Å². The molecule has 0 aliphatic rings. The third kappa shape index (κ3) is 4.65. The van der Waals surface area contributed by atoms with Gasteiger partial charge in [0.2, 0.25) is 12.3 Å². The van der Waals surface area contributed by atoms with Gasteiger partial charge in [0.05, 0.1) is 0 Å². The molecule has 2 heterocycles. The lowest BCUT2D eigenvalue weighted by Gasteiger charge is -2.04. The zero-order chi connectivity index (χ0) is 25.2. The van der Waals surface area contributed by atoms with Crippen LogP contribution in [0, 0.1) is 0 Å². The molecule has 4 aromatic carbocycles. The molecule has 0 radical (unpaired) electrons. The minimum absolute atomic E-state index is 0.107. The second-order valence-electron chi connectivity index (χ2n) is 9.12. The Bertz CT molecular complexity index is 1720. The third-order valence-electron chi connectivity index (χ3n) is 6.56. The monoisotopic (exact) mass is 484 g/mol. The van der Waals surface area contributed by atoms with Crippen molar-refractivity contribution in [2.75, 3.05) is 5.73 Å². The van der Waals surface area contributed by atoms with E-state index in [2.05, 4.69) is 82.8 Å². The van der Waals surface area contributed by atoms with Crippen molar-refractivity contribution < 1.29 is 4.57 Å². The topological polar surface area (TPSA) is 80.6 Å². The fraction of sp³-hybridized carbons (Fsp3) is 0.0645. The Morgan fingerprint density at radius 3 is 1.78 bits per heavy atom. The van der Waals surface area contributed by atoms with Crippen molar-refractivity contribution in [1.29, 1.82) is 0 Å². The van der Waals surface area contributed by atoms with Crippen LogP contribution in [-0.4, -0.2) is 14.5 Å². The van der Waals surface area contributed by atoms with E-state index in [1.54, 1.807) is 0 Å². The maximum atomic E-state index is 12.9. The zero-order valence-corrected chi connectivity index (χ0v) is 20.2. The minimum atomic E-state index is -0.249. The molecule has 0 atom stereocenters. The number of aromatic nitrogens is 4. The summed E-state index contributed by atoms with van der Waals surface area (Å²) in [5.41, 5.74) is 13.6. The molecule has 0 aliphatic heterocycles. The average Bonchev–Trinajstić information content (AvgIpc) is 3.27. The Morgan fingerprint density at radius 2 is 1.22 bits per heavy atom. The molecule has 6 rings (SSSR count). The number of imidazole rings is 1. The van der Waals surface area contributed by atoms with E-state index in [0.717, 1.165) is 22.3 Å². The zero-order valence-electron chi connectivity index (χ0n) is 20.2. The Morgan fingerprint density at radius 1 is 0.703 bits per heavy atom. The second-order valence-corrected chi connectivity index (χ2v) is 9.12. The molecule has 0 saturated carbocycles. The van der Waals surface area contributed by atoms with E-state index in [1.165, 1.54) is 11.1 Å². The lowest BCUT2D eigenvalue weighted by atomic mass is 10.0. The number of nitrogen functional groups attached to an aromatic ring is 1. The number of rotatable bonds is 6. The summed E-state index contributed by atoms with van der Waals surface area (Å²) >= 11 is 0. The molecule has 0 fully saturated rings. The van der Waals surface area contributed by atoms with Gasteiger partial charge in [0, 0.05) is 0 Å². The molecular weight excluding hydrogens is 458 g/mol. The van der Waals surface area contributed by atoms with Gasteiger partial charge in [0.25, 0.3) is 11.2 Å². The van der Waals surface area contributed by atoms with E-state index in [4.69, 9.17) is 5.73 Å². The van der Waals surface area contributed by atoms with Gasteiger partial charge < -0.3 is 5.73 Å². The summed E-state index contributed by atoms with van der Waals surface area (Å²) in [6, 6.07) is 37.4. The molecule has 0 bridgehead atoms. The summed E-state index contributed by atoms with van der Waals surface area (Å²) < 4.78 is 3.92. The second kappa shape index (κ2) is 9.59. The van der Waals surface area contributed by atoms with E-state index in [9.17, 15) is 4.79 Å². The fourth-order valence-corrected chi connectivity index (χ4v) is 4.71. The number of hydrogen-bond donors (Lipinski definition) is 2. The number of H-pyrrole nitrogens is 1. The molecular formula is C31H26N5O+. The van der Waals surface area contributed by atoms with Crippen LogP contribution in [0.2, 0.25) is 0 Å². The standard InChI is InChI=1S/C31H25N5O/c32-31-33-29-28(30(37)34-31)35(19-22-11-15-26(16-12-22)24-7-3-1-4-8-24)21-36(29)20-23-13-17-27(18-14-23)25-9-5-2-6-10-25/h1-18,21H,19-20H2,(H2-,32,33,34,37)/p+1. The van der Waals surface area contributed by atoms with Crippen molar-refractivity contribution >= 4 is 17.1 Å². The van der Waals surface area contributed by atoms with Crippen molar-refractivity contribution in [2.45, 2.75) is 13.1 Å². The van der Waals surface area contributed by atoms with Crippen LogP contribution in [0.25, 0.3) is 33.4 Å². The molecule has 3 N–H and O–H groups in total. The number of hydrogen-bond acceptors (Lipinski definition) is 3. The van der Waals surface area contributed by atoms with Crippen LogP contribution < -0.4 is 15.9 Å². The highest BCUT2D eigenvalue weighted by Crippen LogP contribution is 2.21. The number of nitrogens with two attached hydrogens (primary N) is 1. The number of benzene rings is 4. The molecule has 0 saturated heterocycles. The van der Waals surface area contributed by atoms with Gasteiger partial charge in [-0.15, -0.1) is 0 Å². The highest BCUT2D eigenvalue weighted by molar-refractivity contribution is 5.67. The molecule has 6 heteroatoms. The number of fused-ring (bicyclic) bond motifs is 1. The van der Waals surface area contributed by atoms with Crippen molar-refractivity contribution in [3.8, 4) is 22.3 Å². The van der Waals surface area contributed by atoms with Gasteiger partial charge in [0.1, 0.15) is 13.1 Å². The molecule has 6 nitrogen and oxygen atoms in total. The normalized spacial score (nSPS) is 11.1. The smallest absolute Gasteiger partial charge is 0.304 e. The summed E-state index contributed by atoms with van der Waals surface area (Å²) in [7, 11) is 0. The lowest BCUT2D eigenvalue weighted by molar-refractivity contribution is -0.663. The van der Waals surface area contributed by atoms with Gasteiger partial charge in [-0.2, -0.15) is 4.98 Å². The Labute approximate surface area is 214 Å². The Balaban J connectivity index is 1.31. The Kier molecular flexibility index (Phi) is 5.83. The molecule has 2 aromatic heterocycles. The van der Waals surface area contributed by atoms with Crippen molar-refractivity contribution in [2.24, 2.45) is 0 Å². The SMILES string of the molecule is Nc1nc2c(c(=O)[nH]1)[n+](Cc1ccc(-c3ccccc3)cc1)cn2Cc1ccc(-c2ccccc2)cc1. The van der Waals surface area contributed by atoms with E-state index < -0.39 is 0 Å². The summed E-state index contributed by atoms with van der Waals surface area (Å²) in [5.74, 6) is 0.107. The first-order valence-electron chi connectivity index (χ1n) is 12.2. The van der Waals surface area contributed by atoms with Crippen molar-refractivity contribution in [3.63, 3.8) is 0 Å². The van der Waals surface area contributed by atoms with E-state index in [1.807, 2.05) is 51.9 Å². The van der Waals surface area contributed by atoms with Crippen LogP contribution in [0.4, 0.5) is 5.95 Å². The summed E-state index contributed by atoms with van der Waals surface area (Å²) in [6.07, 6.45) is 1.95. The molecule has 0 amide bonds. The van der Waals surface area contributed by atoms with Crippen LogP contribution in [-0.2, 0) is 13.1 Å². The number of aromatic amines is 1. The Hall–Kier alpha value is -4.97. The van der Waals surface area contributed by atoms with Gasteiger partial charge in [-0.3, -0.25) is 9.78 Å². The largest absolute Gasteiger partial charge is 0.369 e. The van der Waals surface area contributed by atoms with Gasteiger partial charge in [-0.1, -0.05) is 109 Å². The van der Waals surface area contributed by atoms with Gasteiger partial charge >= 0.3 is 5.56 Å². The van der Waals surface area contributed by atoms with Crippen LogP contribution in [0.5, 0.6) is 0 Å². The van der Waals surface area contributed by atoms with E-state index in [0.29, 0.717) is 24.3 Å². The van der Waals surface area contributed by atoms with Crippen molar-refractivity contribution in [3.05, 3.63) is 137 Å². The molecule has 0 spiro atoms. The molecule has 180 valence electrons. The molecule has 6 aromatic rings. The van der Waals surface area contributed by atoms with Crippen LogP contribution >= 0.6 is 0 Å². The average molecular weight is 485 g/mol. The predicted molar refractivity (Wildman–Crippen MR) is 147 cm³/mol. The molecule has 37 heavy (non-hydrogen) atoms. The molecule has 0 aliphatic carbocycles. The number of anilines is 1. The number of nitrogens with zero attached hydrogens (tertiary/aromatic N) is 3. The van der Waals surface area contributed by atoms with Crippen LogP contribution in [0.3, 0.4) is 0 Å². The quantitative estimate of drug-likeness (QED) is 0.326. The fourth-order valence-electron chi connectivity index (χ4n) is 4.71. The highest BCUT2D eigenvalue weighted by atomic mass is 16.1. The number of nitrogens with one attached hydrogen (secondary N) is 1. The minimum Gasteiger partial charge on any atom is -0.369 e. The third-order valence-corrected chi connectivity index (χ3v) is 6.56.